The van der Waals surface area contributed by atoms with Crippen LogP contribution in [0, 0.1) is 0 Å². The van der Waals surface area contributed by atoms with Crippen LogP contribution in [-0.4, -0.2) is 44.6 Å². The van der Waals surface area contributed by atoms with E-state index in [1.807, 2.05) is 30.3 Å². The van der Waals surface area contributed by atoms with Gasteiger partial charge in [0.25, 0.3) is 5.91 Å². The Morgan fingerprint density at radius 1 is 1.24 bits per heavy atom. The number of rotatable bonds is 4. The first kappa shape index (κ1) is 15.5. The Morgan fingerprint density at radius 3 is 2.92 bits per heavy atom. The highest BCUT2D eigenvalue weighted by molar-refractivity contribution is 5.91. The van der Waals surface area contributed by atoms with E-state index in [4.69, 9.17) is 0 Å². The molecule has 25 heavy (non-hydrogen) atoms. The maximum absolute atomic E-state index is 12.6. The van der Waals surface area contributed by atoms with Crippen LogP contribution < -0.4 is 16.0 Å². The number of fused-ring (bicyclic) bond motifs is 1. The molecule has 8 heteroatoms. The van der Waals surface area contributed by atoms with Crippen molar-refractivity contribution >= 4 is 23.2 Å². The molecule has 1 aromatic carbocycles. The number of carbonyl (C=O) groups excluding carboxylic acids is 1. The predicted octanol–water partition coefficient (Wildman–Crippen LogP) is 1.35. The summed E-state index contributed by atoms with van der Waals surface area (Å²) in [7, 11) is 0. The summed E-state index contributed by atoms with van der Waals surface area (Å²) < 4.78 is 1.47. The van der Waals surface area contributed by atoms with Gasteiger partial charge in [0.05, 0.1) is 0 Å². The van der Waals surface area contributed by atoms with E-state index in [1.54, 1.807) is 12.3 Å². The van der Waals surface area contributed by atoms with Crippen molar-refractivity contribution < 1.29 is 4.79 Å². The zero-order valence-corrected chi connectivity index (χ0v) is 13.6. The quantitative estimate of drug-likeness (QED) is 0.665. The summed E-state index contributed by atoms with van der Waals surface area (Å²) in [5.74, 6) is 0.416. The number of nitrogens with zero attached hydrogens (tertiary/aromatic N) is 4. The van der Waals surface area contributed by atoms with E-state index in [0.717, 1.165) is 31.6 Å². The van der Waals surface area contributed by atoms with Crippen LogP contribution in [-0.2, 0) is 0 Å². The minimum atomic E-state index is -0.240. The molecule has 0 bridgehead atoms. The monoisotopic (exact) mass is 337 g/mol. The SMILES string of the molecule is O=C(NC1CCCNC1)c1nccc2nc(Nc3ccccc3)nn12. The minimum Gasteiger partial charge on any atom is -0.345 e. The first-order valence-corrected chi connectivity index (χ1v) is 8.35. The Hall–Kier alpha value is -3.00. The Labute approximate surface area is 144 Å². The maximum atomic E-state index is 12.6. The van der Waals surface area contributed by atoms with Crippen molar-refractivity contribution in [3.05, 3.63) is 48.4 Å². The number of amides is 1. The smallest absolute Gasteiger partial charge is 0.289 e. The molecule has 128 valence electrons. The van der Waals surface area contributed by atoms with Gasteiger partial charge in [0.2, 0.25) is 11.8 Å². The molecular formula is C17H19N7O. The van der Waals surface area contributed by atoms with Crippen LogP contribution in [0.15, 0.2) is 42.6 Å². The normalized spacial score (nSPS) is 17.4. The molecule has 3 heterocycles. The first-order valence-electron chi connectivity index (χ1n) is 8.35. The molecule has 3 N–H and O–H groups in total. The van der Waals surface area contributed by atoms with Gasteiger partial charge >= 0.3 is 0 Å². The third-order valence-corrected chi connectivity index (χ3v) is 4.12. The van der Waals surface area contributed by atoms with Crippen LogP contribution in [0.3, 0.4) is 0 Å². The highest BCUT2D eigenvalue weighted by Crippen LogP contribution is 2.14. The number of carbonyl (C=O) groups is 1. The van der Waals surface area contributed by atoms with E-state index in [2.05, 4.69) is 31.0 Å². The molecule has 2 aromatic heterocycles. The Morgan fingerprint density at radius 2 is 2.12 bits per heavy atom. The van der Waals surface area contributed by atoms with Gasteiger partial charge in [-0.3, -0.25) is 4.79 Å². The third-order valence-electron chi connectivity index (χ3n) is 4.12. The van der Waals surface area contributed by atoms with Crippen LogP contribution in [0.4, 0.5) is 11.6 Å². The fourth-order valence-electron chi connectivity index (χ4n) is 2.90. The third kappa shape index (κ3) is 3.43. The van der Waals surface area contributed by atoms with Gasteiger partial charge in [-0.2, -0.15) is 9.50 Å². The van der Waals surface area contributed by atoms with Crippen molar-refractivity contribution in [2.75, 3.05) is 18.4 Å². The molecular weight excluding hydrogens is 318 g/mol. The lowest BCUT2D eigenvalue weighted by molar-refractivity contribution is 0.0917. The second-order valence-corrected chi connectivity index (χ2v) is 5.98. The molecule has 1 aliphatic rings. The molecule has 4 rings (SSSR count). The van der Waals surface area contributed by atoms with E-state index >= 15 is 0 Å². The molecule has 3 aromatic rings. The maximum Gasteiger partial charge on any atom is 0.289 e. The van der Waals surface area contributed by atoms with Crippen LogP contribution in [0.25, 0.3) is 5.65 Å². The van der Waals surface area contributed by atoms with Gasteiger partial charge in [-0.15, -0.1) is 5.10 Å². The number of nitrogens with one attached hydrogen (secondary N) is 3. The number of hydrogen-bond acceptors (Lipinski definition) is 6. The Kier molecular flexibility index (Phi) is 4.26. The summed E-state index contributed by atoms with van der Waals surface area (Å²) >= 11 is 0. The molecule has 0 aliphatic carbocycles. The number of anilines is 2. The van der Waals surface area contributed by atoms with E-state index in [0.29, 0.717) is 11.6 Å². The van der Waals surface area contributed by atoms with Crippen molar-refractivity contribution in [3.8, 4) is 0 Å². The molecule has 0 radical (unpaired) electrons. The van der Waals surface area contributed by atoms with Crippen LogP contribution in [0.5, 0.6) is 0 Å². The van der Waals surface area contributed by atoms with Gasteiger partial charge in [0, 0.05) is 30.5 Å². The van der Waals surface area contributed by atoms with Gasteiger partial charge < -0.3 is 16.0 Å². The second-order valence-electron chi connectivity index (χ2n) is 5.98. The largest absolute Gasteiger partial charge is 0.345 e. The Balaban J connectivity index is 1.57. The van der Waals surface area contributed by atoms with Crippen molar-refractivity contribution in [2.24, 2.45) is 0 Å². The van der Waals surface area contributed by atoms with E-state index in [-0.39, 0.29) is 17.8 Å². The number of hydrogen-bond donors (Lipinski definition) is 3. The second kappa shape index (κ2) is 6.86. The minimum absolute atomic E-state index is 0.115. The van der Waals surface area contributed by atoms with Crippen molar-refractivity contribution in [1.82, 2.24) is 30.2 Å². The average molecular weight is 337 g/mol. The van der Waals surface area contributed by atoms with Crippen LogP contribution >= 0.6 is 0 Å². The standard InChI is InChI=1S/C17H19N7O/c25-16(20-13-7-4-9-18-11-13)15-19-10-8-14-22-17(23-24(14)15)21-12-5-2-1-3-6-12/h1-3,5-6,8,10,13,18H,4,7,9,11H2,(H,20,25)(H,21,23). The summed E-state index contributed by atoms with van der Waals surface area (Å²) in [5.41, 5.74) is 1.45. The molecule has 1 saturated heterocycles. The number of aromatic nitrogens is 4. The molecule has 1 amide bonds. The first-order chi connectivity index (χ1) is 12.3. The molecule has 1 atom stereocenters. The highest BCUT2D eigenvalue weighted by Gasteiger charge is 2.20. The molecule has 1 fully saturated rings. The predicted molar refractivity (Wildman–Crippen MR) is 93.9 cm³/mol. The molecule has 0 saturated carbocycles. The van der Waals surface area contributed by atoms with Crippen molar-refractivity contribution in [2.45, 2.75) is 18.9 Å². The van der Waals surface area contributed by atoms with Gasteiger partial charge in [-0.05, 0) is 31.5 Å². The van der Waals surface area contributed by atoms with E-state index < -0.39 is 0 Å². The van der Waals surface area contributed by atoms with Crippen molar-refractivity contribution in [1.29, 1.82) is 0 Å². The zero-order valence-electron chi connectivity index (χ0n) is 13.6. The molecule has 8 nitrogen and oxygen atoms in total. The van der Waals surface area contributed by atoms with Gasteiger partial charge in [0.1, 0.15) is 0 Å². The number of piperidine rings is 1. The summed E-state index contributed by atoms with van der Waals surface area (Å²) in [6.07, 6.45) is 3.59. The van der Waals surface area contributed by atoms with Gasteiger partial charge in [-0.1, -0.05) is 18.2 Å². The highest BCUT2D eigenvalue weighted by atomic mass is 16.2. The number of para-hydroxylation sites is 1. The molecule has 0 spiro atoms. The topological polar surface area (TPSA) is 96.2 Å². The van der Waals surface area contributed by atoms with Crippen LogP contribution in [0.1, 0.15) is 23.5 Å². The van der Waals surface area contributed by atoms with E-state index in [1.165, 1.54) is 4.52 Å². The summed E-state index contributed by atoms with van der Waals surface area (Å²) in [6, 6.07) is 11.5. The Bertz CT molecular complexity index is 871. The summed E-state index contributed by atoms with van der Waals surface area (Å²) in [6.45, 7) is 1.78. The van der Waals surface area contributed by atoms with Gasteiger partial charge in [-0.25, -0.2) is 4.98 Å². The number of benzene rings is 1. The summed E-state index contributed by atoms with van der Waals surface area (Å²) in [5, 5.41) is 13.8. The van der Waals surface area contributed by atoms with Gasteiger partial charge in [0.15, 0.2) is 5.65 Å². The fraction of sp³-hybridized carbons (Fsp3) is 0.294. The lowest BCUT2D eigenvalue weighted by Crippen LogP contribution is -2.46. The van der Waals surface area contributed by atoms with E-state index in [9.17, 15) is 4.79 Å². The lowest BCUT2D eigenvalue weighted by Gasteiger charge is -2.23. The van der Waals surface area contributed by atoms with Crippen LogP contribution in [0.2, 0.25) is 0 Å². The van der Waals surface area contributed by atoms with Crippen molar-refractivity contribution in [3.63, 3.8) is 0 Å². The lowest BCUT2D eigenvalue weighted by atomic mass is 10.1. The summed E-state index contributed by atoms with van der Waals surface area (Å²) in [4.78, 5) is 21.2. The zero-order chi connectivity index (χ0) is 17.1. The fourth-order valence-corrected chi connectivity index (χ4v) is 2.90. The molecule has 1 unspecified atom stereocenters. The molecule has 1 aliphatic heterocycles. The average Bonchev–Trinajstić information content (AvgIpc) is 3.05.